The minimum atomic E-state index is -0.726. The van der Waals surface area contributed by atoms with Gasteiger partial charge in [0.25, 0.3) is 17.6 Å². The lowest BCUT2D eigenvalue weighted by Gasteiger charge is -2.28. The molecule has 0 unspecified atom stereocenters. The highest BCUT2D eigenvalue weighted by Crippen LogP contribution is 2.33. The second kappa shape index (κ2) is 21.5. The summed E-state index contributed by atoms with van der Waals surface area (Å²) in [5.74, 6) is 0.184. The van der Waals surface area contributed by atoms with Gasteiger partial charge in [-0.05, 0) is 24.0 Å². The number of fused-ring (bicyclic) bond motifs is 1. The SMILES string of the molecule is C#CCOCCOCCOCCOCCNC(=O)C(=N)/N=C\Nc1ncc(OC)c2c(C(=O)C(=O)N3CCC(=C(C#N)c4ccccc4)CC3)c[nH]c12. The first kappa shape index (κ1) is 39.9. The molecule has 4 N–H and O–H groups in total. The third kappa shape index (κ3) is 11.5. The number of amides is 2. The quantitative estimate of drug-likeness (QED) is 0.0268. The molecule has 278 valence electrons. The number of nitrogens with zero attached hydrogens (tertiary/aromatic N) is 4. The van der Waals surface area contributed by atoms with Crippen LogP contribution in [0, 0.1) is 29.1 Å². The Hall–Kier alpha value is -5.91. The fourth-order valence-corrected chi connectivity index (χ4v) is 5.33. The number of nitriles is 1. The van der Waals surface area contributed by atoms with E-state index in [4.69, 9.17) is 35.5 Å². The molecule has 1 saturated heterocycles. The molecular formula is C37H42N8O8. The summed E-state index contributed by atoms with van der Waals surface area (Å²) in [4.78, 5) is 51.8. The molecule has 16 nitrogen and oxygen atoms in total. The molecule has 2 amide bonds. The molecule has 1 aromatic carbocycles. The lowest BCUT2D eigenvalue weighted by molar-refractivity contribution is -0.126. The van der Waals surface area contributed by atoms with E-state index in [1.807, 2.05) is 30.3 Å². The molecule has 0 aliphatic carbocycles. The van der Waals surface area contributed by atoms with E-state index < -0.39 is 23.4 Å². The van der Waals surface area contributed by atoms with Crippen LogP contribution >= 0.6 is 0 Å². The number of hydrogen-bond acceptors (Lipinski definition) is 11. The maximum atomic E-state index is 13.5. The highest BCUT2D eigenvalue weighted by Gasteiger charge is 2.30. The van der Waals surface area contributed by atoms with Crippen LogP contribution in [0.5, 0.6) is 5.75 Å². The third-order valence-corrected chi connectivity index (χ3v) is 7.96. The van der Waals surface area contributed by atoms with Crippen molar-refractivity contribution in [3.8, 4) is 24.2 Å². The minimum Gasteiger partial charge on any atom is -0.494 e. The average Bonchev–Trinajstić information content (AvgIpc) is 3.64. The molecule has 1 fully saturated rings. The predicted octanol–water partition coefficient (Wildman–Crippen LogP) is 2.59. The number of H-pyrrole nitrogens is 1. The fraction of sp³-hybridized carbons (Fsp3) is 0.378. The van der Waals surface area contributed by atoms with Crippen LogP contribution in [0.2, 0.25) is 0 Å². The monoisotopic (exact) mass is 726 g/mol. The van der Waals surface area contributed by atoms with Crippen molar-refractivity contribution in [2.75, 3.05) is 84.9 Å². The topological polar surface area (TPSA) is 213 Å². The number of amidine groups is 1. The highest BCUT2D eigenvalue weighted by molar-refractivity contribution is 6.45. The van der Waals surface area contributed by atoms with Crippen molar-refractivity contribution in [2.24, 2.45) is 4.99 Å². The smallest absolute Gasteiger partial charge is 0.295 e. The number of hydrogen-bond donors (Lipinski definition) is 4. The second-order valence-corrected chi connectivity index (χ2v) is 11.3. The summed E-state index contributed by atoms with van der Waals surface area (Å²) in [6.07, 6.45) is 9.96. The van der Waals surface area contributed by atoms with Crippen molar-refractivity contribution in [3.63, 3.8) is 0 Å². The van der Waals surface area contributed by atoms with Crippen molar-refractivity contribution >= 4 is 52.1 Å². The second-order valence-electron chi connectivity index (χ2n) is 11.3. The zero-order valence-electron chi connectivity index (χ0n) is 29.4. The number of benzene rings is 1. The number of anilines is 1. The van der Waals surface area contributed by atoms with Crippen LogP contribution in [0.25, 0.3) is 16.5 Å². The Balaban J connectivity index is 1.23. The Labute approximate surface area is 307 Å². The molecule has 16 heteroatoms. The summed E-state index contributed by atoms with van der Waals surface area (Å²) in [5, 5.41) is 23.4. The number of rotatable bonds is 19. The molecule has 3 aromatic rings. The van der Waals surface area contributed by atoms with Gasteiger partial charge in [0.2, 0.25) is 5.84 Å². The standard InChI is InChI=1S/C37H42N8O8/c1-3-14-50-16-18-52-20-21-53-19-17-51-15-11-40-36(47)34(39)43-25-44-35-32-31(30(49-2)24-42-35)29(23-41-32)33(46)37(48)45-12-9-27(10-13-45)28(22-38)26-7-5-4-6-8-26/h1,4-8,23-25,41H,9-21H2,2H3,(H,40,47)(H2,39,42,43,44). The predicted molar refractivity (Wildman–Crippen MR) is 197 cm³/mol. The van der Waals surface area contributed by atoms with Gasteiger partial charge in [0.05, 0.1) is 94.0 Å². The van der Waals surface area contributed by atoms with Crippen LogP contribution in [-0.4, -0.2) is 124 Å². The van der Waals surface area contributed by atoms with Gasteiger partial charge in [-0.3, -0.25) is 19.8 Å². The van der Waals surface area contributed by atoms with Crippen LogP contribution in [0.4, 0.5) is 5.82 Å². The number of Topliss-reactive ketones (excluding diaryl/α,β-unsaturated/α-hetero) is 1. The Morgan fingerprint density at radius 3 is 2.34 bits per heavy atom. The first-order chi connectivity index (χ1) is 25.9. The number of ketones is 1. The van der Waals surface area contributed by atoms with Crippen molar-refractivity contribution in [1.82, 2.24) is 20.2 Å². The van der Waals surface area contributed by atoms with Crippen molar-refractivity contribution in [1.29, 1.82) is 10.7 Å². The molecule has 0 atom stereocenters. The normalized spacial score (nSPS) is 12.7. The Kier molecular flexibility index (Phi) is 16.1. The van der Waals surface area contributed by atoms with Gasteiger partial charge in [0.15, 0.2) is 5.82 Å². The lowest BCUT2D eigenvalue weighted by Crippen LogP contribution is -2.40. The third-order valence-electron chi connectivity index (χ3n) is 7.96. The molecule has 2 aromatic heterocycles. The van der Waals surface area contributed by atoms with Gasteiger partial charge in [-0.15, -0.1) is 6.42 Å². The summed E-state index contributed by atoms with van der Waals surface area (Å²) >= 11 is 0. The number of likely N-dealkylation sites (tertiary alicyclic amines) is 1. The number of aliphatic imine (C=N–C) groups is 1. The van der Waals surface area contributed by atoms with Gasteiger partial charge in [-0.25, -0.2) is 9.98 Å². The molecule has 53 heavy (non-hydrogen) atoms. The number of ether oxygens (including phenoxy) is 5. The Morgan fingerprint density at radius 2 is 1.70 bits per heavy atom. The van der Waals surface area contributed by atoms with Crippen molar-refractivity contribution < 1.29 is 38.1 Å². The molecular weight excluding hydrogens is 684 g/mol. The van der Waals surface area contributed by atoms with E-state index in [9.17, 15) is 19.6 Å². The number of nitrogens with one attached hydrogen (secondary N) is 4. The van der Waals surface area contributed by atoms with Gasteiger partial charge in [0.1, 0.15) is 12.4 Å². The van der Waals surface area contributed by atoms with E-state index in [-0.39, 0.29) is 36.9 Å². The molecule has 0 bridgehead atoms. The van der Waals surface area contributed by atoms with Crippen LogP contribution in [0.15, 0.2) is 53.3 Å². The largest absolute Gasteiger partial charge is 0.494 e. The molecule has 0 spiro atoms. The summed E-state index contributed by atoms with van der Waals surface area (Å²) in [7, 11) is 1.42. The van der Waals surface area contributed by atoms with Gasteiger partial charge < -0.3 is 44.2 Å². The zero-order chi connectivity index (χ0) is 37.8. The number of aromatic nitrogens is 2. The maximum Gasteiger partial charge on any atom is 0.295 e. The van der Waals surface area contributed by atoms with E-state index in [1.54, 1.807) is 0 Å². The number of carbonyl (C=O) groups is 3. The van der Waals surface area contributed by atoms with E-state index in [2.05, 4.69) is 37.6 Å². The maximum absolute atomic E-state index is 13.5. The van der Waals surface area contributed by atoms with Gasteiger partial charge in [0, 0.05) is 25.8 Å². The minimum absolute atomic E-state index is 0.0980. The van der Waals surface area contributed by atoms with Crippen LogP contribution in [0.3, 0.4) is 0 Å². The molecule has 0 radical (unpaired) electrons. The number of carbonyl (C=O) groups excluding carboxylic acids is 3. The number of terminal acetylenes is 1. The Bertz CT molecular complexity index is 1870. The molecule has 4 rings (SSSR count). The van der Waals surface area contributed by atoms with Gasteiger partial charge in [-0.1, -0.05) is 36.3 Å². The number of allylic oxidation sites excluding steroid dienone is 1. The number of aromatic amines is 1. The van der Waals surface area contributed by atoms with Crippen LogP contribution in [0.1, 0.15) is 28.8 Å². The summed E-state index contributed by atoms with van der Waals surface area (Å²) in [6, 6.07) is 11.7. The van der Waals surface area contributed by atoms with E-state index in [1.165, 1.54) is 24.4 Å². The summed E-state index contributed by atoms with van der Waals surface area (Å²) in [6.45, 7) is 3.57. The first-order valence-electron chi connectivity index (χ1n) is 16.8. The van der Waals surface area contributed by atoms with Gasteiger partial charge in [-0.2, -0.15) is 5.26 Å². The van der Waals surface area contributed by atoms with Gasteiger partial charge >= 0.3 is 0 Å². The molecule has 1 aliphatic rings. The molecule has 3 heterocycles. The first-order valence-corrected chi connectivity index (χ1v) is 16.8. The van der Waals surface area contributed by atoms with Crippen LogP contribution < -0.4 is 15.4 Å². The van der Waals surface area contributed by atoms with Crippen molar-refractivity contribution in [3.05, 3.63) is 59.4 Å². The number of piperidine rings is 1. The molecule has 0 saturated carbocycles. The summed E-state index contributed by atoms with van der Waals surface area (Å²) < 4.78 is 26.7. The highest BCUT2D eigenvalue weighted by atomic mass is 16.6. The zero-order valence-corrected chi connectivity index (χ0v) is 29.4. The van der Waals surface area contributed by atoms with E-state index in [0.29, 0.717) is 82.0 Å². The summed E-state index contributed by atoms with van der Waals surface area (Å²) in [5.41, 5.74) is 2.82. The number of methoxy groups -OCH3 is 1. The number of pyridine rings is 1. The van der Waals surface area contributed by atoms with E-state index >= 15 is 0 Å². The Morgan fingerprint density at radius 1 is 1.04 bits per heavy atom. The average molecular weight is 727 g/mol. The fourth-order valence-electron chi connectivity index (χ4n) is 5.33. The molecule has 1 aliphatic heterocycles. The lowest BCUT2D eigenvalue weighted by atomic mass is 9.93. The van der Waals surface area contributed by atoms with Crippen molar-refractivity contribution in [2.45, 2.75) is 12.8 Å². The van der Waals surface area contributed by atoms with E-state index in [0.717, 1.165) is 17.5 Å². The van der Waals surface area contributed by atoms with Crippen LogP contribution in [-0.2, 0) is 28.5 Å².